The second-order valence-corrected chi connectivity index (χ2v) is 7.44. The molecule has 2 aromatic heterocycles. The number of aryl methyl sites for hydroxylation is 1. The van der Waals surface area contributed by atoms with E-state index in [1.54, 1.807) is 30.3 Å². The van der Waals surface area contributed by atoms with Gasteiger partial charge in [-0.15, -0.1) is 0 Å². The predicted molar refractivity (Wildman–Crippen MR) is 105 cm³/mol. The van der Waals surface area contributed by atoms with Crippen LogP contribution in [0.2, 0.25) is 10.0 Å². The van der Waals surface area contributed by atoms with Crippen LogP contribution in [0.25, 0.3) is 11.0 Å². The summed E-state index contributed by atoms with van der Waals surface area (Å²) in [5, 5.41) is 6.20. The summed E-state index contributed by atoms with van der Waals surface area (Å²) in [5.41, 5.74) is 2.96. The van der Waals surface area contributed by atoms with E-state index in [1.165, 1.54) is 0 Å². The molecule has 0 saturated heterocycles. The Bertz CT molecular complexity index is 981. The second-order valence-electron chi connectivity index (χ2n) is 6.63. The van der Waals surface area contributed by atoms with Crippen molar-refractivity contribution in [2.24, 2.45) is 0 Å². The zero-order valence-corrected chi connectivity index (χ0v) is 16.6. The number of amides is 1. The highest BCUT2D eigenvalue weighted by Crippen LogP contribution is 2.24. The van der Waals surface area contributed by atoms with Gasteiger partial charge < -0.3 is 4.90 Å². The molecule has 0 spiro atoms. The summed E-state index contributed by atoms with van der Waals surface area (Å²) in [5.74, 6) is -0.0970. The molecule has 3 aromatic rings. The molecule has 0 fully saturated rings. The Labute approximate surface area is 162 Å². The van der Waals surface area contributed by atoms with Crippen LogP contribution in [0.3, 0.4) is 0 Å². The number of pyridine rings is 1. The highest BCUT2D eigenvalue weighted by atomic mass is 35.5. The van der Waals surface area contributed by atoms with Gasteiger partial charge >= 0.3 is 0 Å². The molecule has 1 aromatic carbocycles. The van der Waals surface area contributed by atoms with E-state index in [-0.39, 0.29) is 11.9 Å². The van der Waals surface area contributed by atoms with E-state index < -0.39 is 0 Å². The zero-order chi connectivity index (χ0) is 19.0. The molecule has 2 heterocycles. The number of fused-ring (bicyclic) bond motifs is 1. The van der Waals surface area contributed by atoms with Crippen LogP contribution in [0, 0.1) is 6.92 Å². The van der Waals surface area contributed by atoms with Crippen molar-refractivity contribution in [2.45, 2.75) is 33.4 Å². The molecule has 0 bridgehead atoms. The first-order valence-corrected chi connectivity index (χ1v) is 9.07. The van der Waals surface area contributed by atoms with Gasteiger partial charge in [0.25, 0.3) is 5.91 Å². The van der Waals surface area contributed by atoms with Crippen molar-refractivity contribution >= 4 is 40.1 Å². The van der Waals surface area contributed by atoms with Crippen LogP contribution in [0.5, 0.6) is 0 Å². The molecule has 136 valence electrons. The highest BCUT2D eigenvalue weighted by molar-refractivity contribution is 6.42. The quantitative estimate of drug-likeness (QED) is 0.636. The Morgan fingerprint density at radius 2 is 1.96 bits per heavy atom. The van der Waals surface area contributed by atoms with E-state index >= 15 is 0 Å². The van der Waals surface area contributed by atoms with Crippen LogP contribution in [-0.2, 0) is 6.54 Å². The molecular formula is C19H20Cl2N4O. The normalized spacial score (nSPS) is 11.3. The van der Waals surface area contributed by atoms with Crippen LogP contribution in [-0.4, -0.2) is 32.6 Å². The topological polar surface area (TPSA) is 51.0 Å². The van der Waals surface area contributed by atoms with E-state index in [0.717, 1.165) is 16.6 Å². The summed E-state index contributed by atoms with van der Waals surface area (Å²) in [6.45, 7) is 6.37. The van der Waals surface area contributed by atoms with Gasteiger partial charge in [-0.05, 0) is 44.5 Å². The lowest BCUT2D eigenvalue weighted by atomic mass is 10.1. The summed E-state index contributed by atoms with van der Waals surface area (Å²) >= 11 is 12.0. The Kier molecular flexibility index (Phi) is 5.21. The fourth-order valence-electron chi connectivity index (χ4n) is 2.85. The first kappa shape index (κ1) is 18.7. The van der Waals surface area contributed by atoms with E-state index in [9.17, 15) is 4.79 Å². The predicted octanol–water partition coefficient (Wildman–Crippen LogP) is 4.90. The van der Waals surface area contributed by atoms with Crippen molar-refractivity contribution in [3.63, 3.8) is 0 Å². The average molecular weight is 391 g/mol. The fourth-order valence-corrected chi connectivity index (χ4v) is 3.17. The van der Waals surface area contributed by atoms with Crippen molar-refractivity contribution in [1.29, 1.82) is 0 Å². The van der Waals surface area contributed by atoms with Gasteiger partial charge in [-0.25, -0.2) is 9.67 Å². The van der Waals surface area contributed by atoms with Gasteiger partial charge in [0.2, 0.25) is 0 Å². The maximum absolute atomic E-state index is 12.9. The van der Waals surface area contributed by atoms with E-state index in [2.05, 4.69) is 10.1 Å². The standard InChI is InChI=1S/C19H20Cl2N4O/c1-11(2)25-18-14(9-22-25)8-15(12(3)23-18)19(26)24(4)10-13-5-6-16(20)17(21)7-13/h5-9,11H,10H2,1-4H3. The number of hydrogen-bond donors (Lipinski definition) is 0. The molecular weight excluding hydrogens is 371 g/mol. The average Bonchev–Trinajstić information content (AvgIpc) is 2.99. The minimum atomic E-state index is -0.0970. The molecule has 1 amide bonds. The van der Waals surface area contributed by atoms with Gasteiger partial charge in [0.1, 0.15) is 0 Å². The molecule has 0 saturated carbocycles. The maximum Gasteiger partial charge on any atom is 0.255 e. The number of benzene rings is 1. The first-order chi connectivity index (χ1) is 12.3. The smallest absolute Gasteiger partial charge is 0.255 e. The van der Waals surface area contributed by atoms with E-state index in [1.807, 2.05) is 37.6 Å². The number of carbonyl (C=O) groups is 1. The lowest BCUT2D eigenvalue weighted by Crippen LogP contribution is -2.27. The molecule has 7 heteroatoms. The Morgan fingerprint density at radius 3 is 2.62 bits per heavy atom. The SMILES string of the molecule is Cc1nc2c(cnn2C(C)C)cc1C(=O)N(C)Cc1ccc(Cl)c(Cl)c1. The molecule has 3 rings (SSSR count). The minimum Gasteiger partial charge on any atom is -0.337 e. The summed E-state index contributed by atoms with van der Waals surface area (Å²) in [6, 6.07) is 7.43. The molecule has 0 unspecified atom stereocenters. The van der Waals surface area contributed by atoms with Crippen molar-refractivity contribution < 1.29 is 4.79 Å². The van der Waals surface area contributed by atoms with Gasteiger partial charge in [0, 0.05) is 25.0 Å². The second kappa shape index (κ2) is 7.25. The zero-order valence-electron chi connectivity index (χ0n) is 15.1. The third-order valence-electron chi connectivity index (χ3n) is 4.23. The summed E-state index contributed by atoms with van der Waals surface area (Å²) in [7, 11) is 1.76. The Hall–Kier alpha value is -2.11. The molecule has 26 heavy (non-hydrogen) atoms. The summed E-state index contributed by atoms with van der Waals surface area (Å²) in [6.07, 6.45) is 1.75. The van der Waals surface area contributed by atoms with Gasteiger partial charge in [-0.1, -0.05) is 29.3 Å². The van der Waals surface area contributed by atoms with Gasteiger partial charge in [-0.3, -0.25) is 4.79 Å². The fraction of sp³-hybridized carbons (Fsp3) is 0.316. The van der Waals surface area contributed by atoms with Gasteiger partial charge in [0.15, 0.2) is 5.65 Å². The highest BCUT2D eigenvalue weighted by Gasteiger charge is 2.18. The third-order valence-corrected chi connectivity index (χ3v) is 4.97. The summed E-state index contributed by atoms with van der Waals surface area (Å²) < 4.78 is 1.86. The molecule has 0 radical (unpaired) electrons. The number of nitrogens with zero attached hydrogens (tertiary/aromatic N) is 4. The number of halogens is 2. The lowest BCUT2D eigenvalue weighted by Gasteiger charge is -2.19. The molecule has 5 nitrogen and oxygen atoms in total. The van der Waals surface area contributed by atoms with E-state index in [0.29, 0.717) is 27.8 Å². The molecule has 0 atom stereocenters. The van der Waals surface area contributed by atoms with Gasteiger partial charge in [-0.2, -0.15) is 5.10 Å². The van der Waals surface area contributed by atoms with Crippen molar-refractivity contribution in [2.75, 3.05) is 7.05 Å². The molecule has 0 aliphatic rings. The third kappa shape index (κ3) is 3.55. The minimum absolute atomic E-state index is 0.0970. The largest absolute Gasteiger partial charge is 0.337 e. The van der Waals surface area contributed by atoms with E-state index in [4.69, 9.17) is 23.2 Å². The number of aromatic nitrogens is 3. The summed E-state index contributed by atoms with van der Waals surface area (Å²) in [4.78, 5) is 19.2. The van der Waals surface area contributed by atoms with Crippen molar-refractivity contribution in [1.82, 2.24) is 19.7 Å². The molecule has 0 aliphatic heterocycles. The van der Waals surface area contributed by atoms with Crippen LogP contribution in [0.4, 0.5) is 0 Å². The van der Waals surface area contributed by atoms with Crippen molar-refractivity contribution in [3.8, 4) is 0 Å². The maximum atomic E-state index is 12.9. The van der Waals surface area contributed by atoms with Gasteiger partial charge in [0.05, 0.1) is 27.5 Å². The van der Waals surface area contributed by atoms with Crippen LogP contribution in [0.15, 0.2) is 30.5 Å². The van der Waals surface area contributed by atoms with Crippen LogP contribution in [0.1, 0.15) is 41.5 Å². The Morgan fingerprint density at radius 1 is 1.23 bits per heavy atom. The first-order valence-electron chi connectivity index (χ1n) is 8.32. The Balaban J connectivity index is 1.88. The molecule has 0 N–H and O–H groups in total. The number of rotatable bonds is 4. The number of hydrogen-bond acceptors (Lipinski definition) is 3. The van der Waals surface area contributed by atoms with Crippen LogP contribution < -0.4 is 0 Å². The lowest BCUT2D eigenvalue weighted by molar-refractivity contribution is 0.0784. The van der Waals surface area contributed by atoms with Crippen molar-refractivity contribution in [3.05, 3.63) is 57.3 Å². The van der Waals surface area contributed by atoms with Crippen LogP contribution >= 0.6 is 23.2 Å². The molecule has 0 aliphatic carbocycles. The number of carbonyl (C=O) groups excluding carboxylic acids is 1. The monoisotopic (exact) mass is 390 g/mol.